The van der Waals surface area contributed by atoms with Crippen LogP contribution in [0.4, 0.5) is 5.69 Å². The summed E-state index contributed by atoms with van der Waals surface area (Å²) < 4.78 is 5.53. The molecule has 0 aliphatic carbocycles. The van der Waals surface area contributed by atoms with Gasteiger partial charge in [0.15, 0.2) is 0 Å². The molecule has 1 aromatic heterocycles. The molecule has 1 aromatic carbocycles. The van der Waals surface area contributed by atoms with Crippen LogP contribution in [0.15, 0.2) is 28.7 Å². The number of likely N-dealkylation sites (N-methyl/N-ethyl adjacent to an activating group) is 1. The lowest BCUT2D eigenvalue weighted by molar-refractivity contribution is 0.0552. The SMILES string of the molecule is Cc1cc(C(C)(O)CNCc2ccc3c(c2)CCN3C)c(C)o1. The molecule has 0 saturated heterocycles. The summed E-state index contributed by atoms with van der Waals surface area (Å²) in [5.74, 6) is 1.62. The number of benzene rings is 1. The Morgan fingerprint density at radius 1 is 1.30 bits per heavy atom. The summed E-state index contributed by atoms with van der Waals surface area (Å²) in [5.41, 5.74) is 3.94. The zero-order valence-electron chi connectivity index (χ0n) is 14.4. The van der Waals surface area contributed by atoms with Crippen molar-refractivity contribution in [3.8, 4) is 0 Å². The van der Waals surface area contributed by atoms with E-state index in [0.717, 1.165) is 36.6 Å². The summed E-state index contributed by atoms with van der Waals surface area (Å²) in [5, 5.41) is 14.1. The van der Waals surface area contributed by atoms with Crippen LogP contribution in [0.2, 0.25) is 0 Å². The lowest BCUT2D eigenvalue weighted by atomic mass is 9.96. The molecule has 3 rings (SSSR count). The number of anilines is 1. The molecule has 1 aliphatic rings. The average molecular weight is 314 g/mol. The first-order chi connectivity index (χ1) is 10.9. The second-order valence-corrected chi connectivity index (χ2v) is 6.84. The van der Waals surface area contributed by atoms with Gasteiger partial charge in [0.2, 0.25) is 0 Å². The predicted molar refractivity (Wildman–Crippen MR) is 92.9 cm³/mol. The molecule has 2 aromatic rings. The molecule has 23 heavy (non-hydrogen) atoms. The third-order valence-corrected chi connectivity index (χ3v) is 4.69. The first-order valence-corrected chi connectivity index (χ1v) is 8.20. The van der Waals surface area contributed by atoms with Crippen molar-refractivity contribution in [3.05, 3.63) is 52.5 Å². The second kappa shape index (κ2) is 6.02. The third-order valence-electron chi connectivity index (χ3n) is 4.69. The Kier molecular flexibility index (Phi) is 4.21. The van der Waals surface area contributed by atoms with E-state index in [-0.39, 0.29) is 0 Å². The zero-order valence-corrected chi connectivity index (χ0v) is 14.4. The molecular weight excluding hydrogens is 288 g/mol. The van der Waals surface area contributed by atoms with E-state index in [4.69, 9.17) is 4.42 Å². The fraction of sp³-hybridized carbons (Fsp3) is 0.474. The lowest BCUT2D eigenvalue weighted by Gasteiger charge is -2.23. The van der Waals surface area contributed by atoms with Gasteiger partial charge in [-0.3, -0.25) is 0 Å². The standard InChI is InChI=1S/C19H26N2O2/c1-13-9-17(14(2)23-13)19(3,22)12-20-11-15-5-6-18-16(10-15)7-8-21(18)4/h5-6,9-10,20,22H,7-8,11-12H2,1-4H3. The Morgan fingerprint density at radius 3 is 2.78 bits per heavy atom. The van der Waals surface area contributed by atoms with Crippen molar-refractivity contribution < 1.29 is 9.52 Å². The first kappa shape index (κ1) is 16.1. The molecule has 0 amide bonds. The Morgan fingerprint density at radius 2 is 2.09 bits per heavy atom. The van der Waals surface area contributed by atoms with Crippen LogP contribution in [0.1, 0.15) is 35.1 Å². The van der Waals surface area contributed by atoms with E-state index in [9.17, 15) is 5.11 Å². The smallest absolute Gasteiger partial charge is 0.107 e. The summed E-state index contributed by atoms with van der Waals surface area (Å²) in [6.45, 7) is 7.97. The van der Waals surface area contributed by atoms with Crippen LogP contribution in [-0.2, 0) is 18.6 Å². The van der Waals surface area contributed by atoms with Crippen molar-refractivity contribution in [2.24, 2.45) is 0 Å². The van der Waals surface area contributed by atoms with Gasteiger partial charge >= 0.3 is 0 Å². The van der Waals surface area contributed by atoms with Gasteiger partial charge in [-0.2, -0.15) is 0 Å². The van der Waals surface area contributed by atoms with Crippen molar-refractivity contribution in [2.75, 3.05) is 25.0 Å². The Hall–Kier alpha value is -1.78. The lowest BCUT2D eigenvalue weighted by Crippen LogP contribution is -2.35. The molecule has 1 aliphatic heterocycles. The summed E-state index contributed by atoms with van der Waals surface area (Å²) in [6, 6.07) is 8.55. The van der Waals surface area contributed by atoms with E-state index in [2.05, 4.69) is 35.5 Å². The predicted octanol–water partition coefficient (Wildman–Crippen LogP) is 2.89. The fourth-order valence-electron chi connectivity index (χ4n) is 3.44. The molecule has 124 valence electrons. The topological polar surface area (TPSA) is 48.6 Å². The molecular formula is C19H26N2O2. The van der Waals surface area contributed by atoms with Gasteiger partial charge < -0.3 is 19.7 Å². The van der Waals surface area contributed by atoms with Gasteiger partial charge in [0.25, 0.3) is 0 Å². The minimum atomic E-state index is -0.932. The van der Waals surface area contributed by atoms with Crippen molar-refractivity contribution in [1.82, 2.24) is 5.32 Å². The minimum Gasteiger partial charge on any atom is -0.466 e. The van der Waals surface area contributed by atoms with E-state index in [1.165, 1.54) is 16.8 Å². The number of nitrogens with zero attached hydrogens (tertiary/aromatic N) is 1. The van der Waals surface area contributed by atoms with Crippen LogP contribution in [0.25, 0.3) is 0 Å². The van der Waals surface area contributed by atoms with Gasteiger partial charge in [-0.1, -0.05) is 12.1 Å². The highest BCUT2D eigenvalue weighted by atomic mass is 16.3. The minimum absolute atomic E-state index is 0.490. The maximum Gasteiger partial charge on any atom is 0.107 e. The highest BCUT2D eigenvalue weighted by Crippen LogP contribution is 2.28. The molecule has 4 heteroatoms. The number of nitrogens with one attached hydrogen (secondary N) is 1. The van der Waals surface area contributed by atoms with Gasteiger partial charge in [-0.05, 0) is 50.5 Å². The Labute approximate surface area is 138 Å². The summed E-state index contributed by atoms with van der Waals surface area (Å²) in [4.78, 5) is 2.29. The Balaban J connectivity index is 1.62. The van der Waals surface area contributed by atoms with Crippen molar-refractivity contribution >= 4 is 5.69 Å². The van der Waals surface area contributed by atoms with E-state index >= 15 is 0 Å². The maximum absolute atomic E-state index is 10.7. The summed E-state index contributed by atoms with van der Waals surface area (Å²) in [6.07, 6.45) is 1.12. The van der Waals surface area contributed by atoms with Crippen molar-refractivity contribution in [2.45, 2.75) is 39.3 Å². The number of fused-ring (bicyclic) bond motifs is 1. The summed E-state index contributed by atoms with van der Waals surface area (Å²) >= 11 is 0. The molecule has 0 saturated carbocycles. The van der Waals surface area contributed by atoms with Gasteiger partial charge in [-0.25, -0.2) is 0 Å². The van der Waals surface area contributed by atoms with E-state index in [1.807, 2.05) is 26.8 Å². The van der Waals surface area contributed by atoms with E-state index < -0.39 is 5.60 Å². The summed E-state index contributed by atoms with van der Waals surface area (Å²) in [7, 11) is 2.14. The van der Waals surface area contributed by atoms with E-state index in [0.29, 0.717) is 6.54 Å². The van der Waals surface area contributed by atoms with Crippen molar-refractivity contribution in [1.29, 1.82) is 0 Å². The number of furan rings is 1. The van der Waals surface area contributed by atoms with Crippen molar-refractivity contribution in [3.63, 3.8) is 0 Å². The molecule has 2 heterocycles. The zero-order chi connectivity index (χ0) is 16.6. The van der Waals surface area contributed by atoms with Crippen LogP contribution in [0.3, 0.4) is 0 Å². The maximum atomic E-state index is 10.7. The monoisotopic (exact) mass is 314 g/mol. The van der Waals surface area contributed by atoms with Crippen LogP contribution in [0.5, 0.6) is 0 Å². The molecule has 1 atom stereocenters. The first-order valence-electron chi connectivity index (χ1n) is 8.20. The van der Waals surface area contributed by atoms with Gasteiger partial charge in [0.1, 0.15) is 17.1 Å². The average Bonchev–Trinajstić information content (AvgIpc) is 3.02. The molecule has 0 fully saturated rings. The van der Waals surface area contributed by atoms with E-state index in [1.54, 1.807) is 0 Å². The molecule has 2 N–H and O–H groups in total. The van der Waals surface area contributed by atoms with Gasteiger partial charge in [0.05, 0.1) is 0 Å². The number of aryl methyl sites for hydroxylation is 2. The molecule has 0 spiro atoms. The van der Waals surface area contributed by atoms with Gasteiger partial charge in [-0.15, -0.1) is 0 Å². The van der Waals surface area contributed by atoms with Crippen LogP contribution in [-0.4, -0.2) is 25.2 Å². The largest absolute Gasteiger partial charge is 0.466 e. The number of rotatable bonds is 5. The highest BCUT2D eigenvalue weighted by molar-refractivity contribution is 5.58. The normalized spacial score (nSPS) is 16.5. The van der Waals surface area contributed by atoms with Gasteiger partial charge in [0, 0.05) is 37.9 Å². The number of hydrogen-bond donors (Lipinski definition) is 2. The molecule has 0 bridgehead atoms. The van der Waals surface area contributed by atoms with Crippen LogP contribution in [0, 0.1) is 13.8 Å². The molecule has 0 radical (unpaired) electrons. The number of hydrogen-bond acceptors (Lipinski definition) is 4. The quantitative estimate of drug-likeness (QED) is 0.891. The van der Waals surface area contributed by atoms with Crippen LogP contribution >= 0.6 is 0 Å². The third kappa shape index (κ3) is 3.28. The fourth-order valence-corrected chi connectivity index (χ4v) is 3.44. The molecule has 1 unspecified atom stereocenters. The molecule has 4 nitrogen and oxygen atoms in total. The highest BCUT2D eigenvalue weighted by Gasteiger charge is 2.27. The second-order valence-electron chi connectivity index (χ2n) is 6.84. The number of aliphatic hydroxyl groups is 1. The van der Waals surface area contributed by atoms with Crippen LogP contribution < -0.4 is 10.2 Å². The Bertz CT molecular complexity index is 703.